The van der Waals surface area contributed by atoms with Crippen molar-refractivity contribution in [2.24, 2.45) is 0 Å². The number of aromatic nitrogens is 1. The second-order valence-corrected chi connectivity index (χ2v) is 3.96. The van der Waals surface area contributed by atoms with E-state index in [-0.39, 0.29) is 5.82 Å². The summed E-state index contributed by atoms with van der Waals surface area (Å²) in [6, 6.07) is 6.05. The molecule has 0 bridgehead atoms. The maximum Gasteiger partial charge on any atom is 0.124 e. The molecular weight excluding hydrogens is 227 g/mol. The van der Waals surface area contributed by atoms with Crippen LogP contribution in [0.4, 0.5) is 10.2 Å². The van der Waals surface area contributed by atoms with Gasteiger partial charge in [0.2, 0.25) is 0 Å². The van der Waals surface area contributed by atoms with Crippen LogP contribution in [-0.4, -0.2) is 4.98 Å². The molecule has 0 radical (unpaired) electrons. The first kappa shape index (κ1) is 10.9. The van der Waals surface area contributed by atoms with Crippen LogP contribution in [0.25, 0.3) is 11.1 Å². The molecule has 0 spiro atoms. The summed E-state index contributed by atoms with van der Waals surface area (Å²) in [6.45, 7) is 1.91. The third-order valence-electron chi connectivity index (χ3n) is 2.35. The largest absolute Gasteiger partial charge is 0.384 e. The molecular formula is C12H10ClFN2. The van der Waals surface area contributed by atoms with Gasteiger partial charge in [0.25, 0.3) is 0 Å². The summed E-state index contributed by atoms with van der Waals surface area (Å²) in [6.07, 6.45) is 1.64. The Hall–Kier alpha value is -1.61. The van der Waals surface area contributed by atoms with Crippen LogP contribution < -0.4 is 5.73 Å². The lowest BCUT2D eigenvalue weighted by molar-refractivity contribution is 0.628. The molecule has 0 fully saturated rings. The Morgan fingerprint density at radius 1 is 1.25 bits per heavy atom. The Morgan fingerprint density at radius 2 is 2.00 bits per heavy atom. The van der Waals surface area contributed by atoms with E-state index in [0.717, 1.165) is 16.7 Å². The molecule has 1 aromatic heterocycles. The predicted molar refractivity (Wildman–Crippen MR) is 63.8 cm³/mol. The highest BCUT2D eigenvalue weighted by molar-refractivity contribution is 6.33. The zero-order valence-electron chi connectivity index (χ0n) is 8.67. The third kappa shape index (κ3) is 1.99. The lowest BCUT2D eigenvalue weighted by Crippen LogP contribution is -1.93. The Balaban J connectivity index is 2.59. The number of nitrogens with zero attached hydrogens (tertiary/aromatic N) is 1. The lowest BCUT2D eigenvalue weighted by atomic mass is 10.0. The van der Waals surface area contributed by atoms with Crippen LogP contribution in [0.2, 0.25) is 5.02 Å². The molecule has 0 aliphatic rings. The van der Waals surface area contributed by atoms with Gasteiger partial charge in [0.15, 0.2) is 0 Å². The maximum atomic E-state index is 12.9. The van der Waals surface area contributed by atoms with E-state index >= 15 is 0 Å². The predicted octanol–water partition coefficient (Wildman–Crippen LogP) is 3.43. The van der Waals surface area contributed by atoms with E-state index in [9.17, 15) is 4.39 Å². The van der Waals surface area contributed by atoms with Crippen molar-refractivity contribution in [2.45, 2.75) is 6.92 Å². The average molecular weight is 237 g/mol. The number of halogens is 2. The number of anilines is 1. The van der Waals surface area contributed by atoms with Crippen molar-refractivity contribution in [3.63, 3.8) is 0 Å². The van der Waals surface area contributed by atoms with Crippen molar-refractivity contribution >= 4 is 17.4 Å². The number of nitrogen functional groups attached to an aromatic ring is 1. The van der Waals surface area contributed by atoms with E-state index in [1.54, 1.807) is 18.3 Å². The molecule has 0 saturated carbocycles. The molecule has 2 rings (SSSR count). The SMILES string of the molecule is Cc1cc(N)ncc1-c1ccc(F)cc1Cl. The van der Waals surface area contributed by atoms with Crippen LogP contribution in [0.5, 0.6) is 0 Å². The van der Waals surface area contributed by atoms with Gasteiger partial charge >= 0.3 is 0 Å². The van der Waals surface area contributed by atoms with Crippen LogP contribution in [0.3, 0.4) is 0 Å². The van der Waals surface area contributed by atoms with Crippen LogP contribution in [-0.2, 0) is 0 Å². The van der Waals surface area contributed by atoms with E-state index in [1.165, 1.54) is 12.1 Å². The van der Waals surface area contributed by atoms with Crippen molar-refractivity contribution < 1.29 is 4.39 Å². The van der Waals surface area contributed by atoms with Crippen molar-refractivity contribution in [2.75, 3.05) is 5.73 Å². The molecule has 0 amide bonds. The number of aryl methyl sites for hydroxylation is 1. The summed E-state index contributed by atoms with van der Waals surface area (Å²) >= 11 is 5.98. The standard InChI is InChI=1S/C12H10ClFN2/c1-7-4-12(15)16-6-10(7)9-3-2-8(14)5-11(9)13/h2-6H,1H3,(H2,15,16). The van der Waals surface area contributed by atoms with Crippen LogP contribution in [0, 0.1) is 12.7 Å². The minimum absolute atomic E-state index is 0.352. The zero-order valence-corrected chi connectivity index (χ0v) is 9.42. The van der Waals surface area contributed by atoms with Gasteiger partial charge in [-0.2, -0.15) is 0 Å². The molecule has 4 heteroatoms. The van der Waals surface area contributed by atoms with Gasteiger partial charge in [0, 0.05) is 17.3 Å². The van der Waals surface area contributed by atoms with Gasteiger partial charge in [-0.15, -0.1) is 0 Å². The minimum atomic E-state index is -0.352. The monoisotopic (exact) mass is 236 g/mol. The summed E-state index contributed by atoms with van der Waals surface area (Å²) in [7, 11) is 0. The summed E-state index contributed by atoms with van der Waals surface area (Å²) in [5, 5.41) is 0.370. The Labute approximate surface area is 97.9 Å². The van der Waals surface area contributed by atoms with E-state index in [4.69, 9.17) is 17.3 Å². The summed E-state index contributed by atoms with van der Waals surface area (Å²) < 4.78 is 12.9. The van der Waals surface area contributed by atoms with E-state index < -0.39 is 0 Å². The third-order valence-corrected chi connectivity index (χ3v) is 2.67. The molecule has 0 aliphatic heterocycles. The lowest BCUT2D eigenvalue weighted by Gasteiger charge is -2.08. The first-order valence-corrected chi connectivity index (χ1v) is 5.13. The van der Waals surface area contributed by atoms with Gasteiger partial charge in [-0.05, 0) is 36.8 Å². The van der Waals surface area contributed by atoms with Crippen molar-refractivity contribution in [1.29, 1.82) is 0 Å². The molecule has 1 aromatic carbocycles. The van der Waals surface area contributed by atoms with Gasteiger partial charge in [0.05, 0.1) is 5.02 Å². The molecule has 2 aromatic rings. The Morgan fingerprint density at radius 3 is 2.62 bits per heavy atom. The van der Waals surface area contributed by atoms with Gasteiger partial charge < -0.3 is 5.73 Å². The van der Waals surface area contributed by atoms with Crippen molar-refractivity contribution in [3.8, 4) is 11.1 Å². The second-order valence-electron chi connectivity index (χ2n) is 3.55. The second kappa shape index (κ2) is 4.10. The van der Waals surface area contributed by atoms with Crippen LogP contribution >= 0.6 is 11.6 Å². The van der Waals surface area contributed by atoms with Gasteiger partial charge in [0.1, 0.15) is 11.6 Å². The van der Waals surface area contributed by atoms with Crippen LogP contribution in [0.15, 0.2) is 30.5 Å². The zero-order chi connectivity index (χ0) is 11.7. The normalized spacial score (nSPS) is 10.4. The van der Waals surface area contributed by atoms with Crippen LogP contribution in [0.1, 0.15) is 5.56 Å². The summed E-state index contributed by atoms with van der Waals surface area (Å²) in [5.41, 5.74) is 8.14. The van der Waals surface area contributed by atoms with Crippen molar-refractivity contribution in [1.82, 2.24) is 4.98 Å². The molecule has 0 atom stereocenters. The fourth-order valence-corrected chi connectivity index (χ4v) is 1.84. The summed E-state index contributed by atoms with van der Waals surface area (Å²) in [4.78, 5) is 4.01. The smallest absolute Gasteiger partial charge is 0.124 e. The molecule has 2 N–H and O–H groups in total. The fraction of sp³-hybridized carbons (Fsp3) is 0.0833. The fourth-order valence-electron chi connectivity index (χ4n) is 1.57. The minimum Gasteiger partial charge on any atom is -0.384 e. The number of pyridine rings is 1. The number of hydrogen-bond acceptors (Lipinski definition) is 2. The van der Waals surface area contributed by atoms with E-state index in [2.05, 4.69) is 4.98 Å². The first-order valence-electron chi connectivity index (χ1n) is 4.75. The summed E-state index contributed by atoms with van der Waals surface area (Å²) in [5.74, 6) is 0.106. The molecule has 2 nitrogen and oxygen atoms in total. The number of benzene rings is 1. The molecule has 16 heavy (non-hydrogen) atoms. The highest BCUT2D eigenvalue weighted by Crippen LogP contribution is 2.30. The number of nitrogens with two attached hydrogens (primary N) is 1. The maximum absolute atomic E-state index is 12.9. The quantitative estimate of drug-likeness (QED) is 0.824. The Bertz CT molecular complexity index is 491. The molecule has 0 saturated heterocycles. The highest BCUT2D eigenvalue weighted by atomic mass is 35.5. The van der Waals surface area contributed by atoms with Gasteiger partial charge in [-0.3, -0.25) is 0 Å². The highest BCUT2D eigenvalue weighted by Gasteiger charge is 2.08. The van der Waals surface area contributed by atoms with Crippen molar-refractivity contribution in [3.05, 3.63) is 46.9 Å². The van der Waals surface area contributed by atoms with E-state index in [1.807, 2.05) is 6.92 Å². The molecule has 82 valence electrons. The topological polar surface area (TPSA) is 38.9 Å². The molecule has 1 heterocycles. The Kier molecular flexibility index (Phi) is 2.79. The first-order chi connectivity index (χ1) is 7.58. The number of rotatable bonds is 1. The number of hydrogen-bond donors (Lipinski definition) is 1. The van der Waals surface area contributed by atoms with Gasteiger partial charge in [-0.1, -0.05) is 11.6 Å². The molecule has 0 aliphatic carbocycles. The van der Waals surface area contributed by atoms with Gasteiger partial charge in [-0.25, -0.2) is 9.37 Å². The van der Waals surface area contributed by atoms with E-state index in [0.29, 0.717) is 10.8 Å². The average Bonchev–Trinajstić information content (AvgIpc) is 2.19. The molecule has 0 unspecified atom stereocenters.